The second-order valence-electron chi connectivity index (χ2n) is 5.66. The molecule has 0 bridgehead atoms. The lowest BCUT2D eigenvalue weighted by atomic mass is 9.70. The number of aromatic carboxylic acids is 1. The van der Waals surface area contributed by atoms with Gasteiger partial charge < -0.3 is 14.6 Å². The van der Waals surface area contributed by atoms with Crippen molar-refractivity contribution in [3.05, 3.63) is 23.7 Å². The summed E-state index contributed by atoms with van der Waals surface area (Å²) < 4.78 is 5.21. The average molecular weight is 238 g/mol. The van der Waals surface area contributed by atoms with Crippen LogP contribution in [0.2, 0.25) is 0 Å². The van der Waals surface area contributed by atoms with E-state index in [4.69, 9.17) is 9.52 Å². The Morgan fingerprint density at radius 1 is 1.24 bits per heavy atom. The van der Waals surface area contributed by atoms with E-state index >= 15 is 0 Å². The maximum Gasteiger partial charge on any atom is 0.371 e. The highest BCUT2D eigenvalue weighted by molar-refractivity contribution is 5.84. The van der Waals surface area contributed by atoms with Crippen molar-refractivity contribution in [3.63, 3.8) is 0 Å². The molecule has 2 N–H and O–H groups in total. The summed E-state index contributed by atoms with van der Waals surface area (Å²) >= 11 is 0. The molecule has 0 saturated heterocycles. The average Bonchev–Trinajstić information content (AvgIpc) is 2.73. The highest BCUT2D eigenvalue weighted by Crippen LogP contribution is 2.45. The summed E-state index contributed by atoms with van der Waals surface area (Å²) in [7, 11) is 0. The van der Waals surface area contributed by atoms with Crippen molar-refractivity contribution in [1.29, 1.82) is 0 Å². The lowest BCUT2D eigenvalue weighted by molar-refractivity contribution is -0.0471. The van der Waals surface area contributed by atoms with Crippen molar-refractivity contribution in [2.24, 2.45) is 5.41 Å². The number of furan rings is 1. The lowest BCUT2D eigenvalue weighted by Crippen LogP contribution is -2.34. The normalized spacial score (nSPS) is 22.3. The lowest BCUT2D eigenvalue weighted by Gasteiger charge is -2.38. The van der Waals surface area contributed by atoms with Gasteiger partial charge in [0.25, 0.3) is 0 Å². The maximum atomic E-state index is 10.7. The molecule has 1 aliphatic carbocycles. The minimum absolute atomic E-state index is 0.113. The quantitative estimate of drug-likeness (QED) is 0.831. The van der Waals surface area contributed by atoms with Crippen LogP contribution in [0.3, 0.4) is 0 Å². The number of carbonyl (C=O) groups is 1. The van der Waals surface area contributed by atoms with Crippen LogP contribution in [0.1, 0.15) is 55.8 Å². The molecular weight excluding hydrogens is 220 g/mol. The summed E-state index contributed by atoms with van der Waals surface area (Å²) in [5, 5.41) is 19.3. The third-order valence-corrected chi connectivity index (χ3v) is 3.71. The zero-order valence-corrected chi connectivity index (χ0v) is 10.2. The van der Waals surface area contributed by atoms with E-state index in [0.717, 1.165) is 12.8 Å². The minimum Gasteiger partial charge on any atom is -0.475 e. The molecule has 0 aromatic carbocycles. The van der Waals surface area contributed by atoms with Crippen LogP contribution in [0, 0.1) is 5.41 Å². The van der Waals surface area contributed by atoms with Crippen molar-refractivity contribution in [2.75, 3.05) is 0 Å². The second kappa shape index (κ2) is 3.88. The molecule has 1 heterocycles. The van der Waals surface area contributed by atoms with Crippen LogP contribution in [0.25, 0.3) is 0 Å². The van der Waals surface area contributed by atoms with E-state index in [9.17, 15) is 9.90 Å². The first-order valence-corrected chi connectivity index (χ1v) is 5.88. The summed E-state index contributed by atoms with van der Waals surface area (Å²) in [5.74, 6) is -0.834. The Bertz CT molecular complexity index is 420. The monoisotopic (exact) mass is 238 g/mol. The molecule has 0 unspecified atom stereocenters. The van der Waals surface area contributed by atoms with Crippen LogP contribution in [-0.2, 0) is 5.60 Å². The molecule has 0 aliphatic heterocycles. The van der Waals surface area contributed by atoms with Gasteiger partial charge in [-0.1, -0.05) is 13.8 Å². The Balaban J connectivity index is 2.18. The summed E-state index contributed by atoms with van der Waals surface area (Å²) in [4.78, 5) is 10.7. The van der Waals surface area contributed by atoms with Crippen molar-refractivity contribution in [1.82, 2.24) is 0 Å². The number of aliphatic hydroxyl groups is 1. The first-order chi connectivity index (χ1) is 7.82. The molecule has 1 aliphatic rings. The molecule has 1 saturated carbocycles. The zero-order chi connectivity index (χ0) is 12.7. The largest absolute Gasteiger partial charge is 0.475 e. The molecule has 4 nitrogen and oxygen atoms in total. The molecule has 0 spiro atoms. The fraction of sp³-hybridized carbons (Fsp3) is 0.615. The molecule has 1 aromatic heterocycles. The first kappa shape index (κ1) is 12.2. The molecule has 0 amide bonds. The van der Waals surface area contributed by atoms with Crippen LogP contribution >= 0.6 is 0 Å². The Labute approximate surface area is 100 Å². The Kier molecular flexibility index (Phi) is 2.78. The molecule has 2 rings (SSSR count). The standard InChI is InChI=1S/C13H18O4/c1-12(2)5-7-13(16,8-6-12)10-4-3-9(17-10)11(14)15/h3-4,16H,5-8H2,1-2H3,(H,14,15). The molecule has 0 radical (unpaired) electrons. The molecule has 1 aromatic rings. The van der Waals surface area contributed by atoms with Crippen LogP contribution in [0.5, 0.6) is 0 Å². The van der Waals surface area contributed by atoms with Gasteiger partial charge >= 0.3 is 5.97 Å². The number of hydrogen-bond acceptors (Lipinski definition) is 3. The van der Waals surface area contributed by atoms with E-state index in [-0.39, 0.29) is 11.2 Å². The van der Waals surface area contributed by atoms with E-state index in [1.807, 2.05) is 0 Å². The van der Waals surface area contributed by atoms with Gasteiger partial charge in [-0.3, -0.25) is 0 Å². The maximum absolute atomic E-state index is 10.7. The fourth-order valence-electron chi connectivity index (χ4n) is 2.29. The van der Waals surface area contributed by atoms with Crippen LogP contribution < -0.4 is 0 Å². The summed E-state index contributed by atoms with van der Waals surface area (Å²) in [5.41, 5.74) is -0.752. The van der Waals surface area contributed by atoms with Gasteiger partial charge in [-0.05, 0) is 43.2 Å². The predicted molar refractivity (Wildman–Crippen MR) is 61.8 cm³/mol. The van der Waals surface area contributed by atoms with E-state index in [1.165, 1.54) is 6.07 Å². The second-order valence-corrected chi connectivity index (χ2v) is 5.66. The van der Waals surface area contributed by atoms with Crippen LogP contribution in [0.4, 0.5) is 0 Å². The van der Waals surface area contributed by atoms with E-state index in [1.54, 1.807) is 6.07 Å². The zero-order valence-electron chi connectivity index (χ0n) is 10.2. The van der Waals surface area contributed by atoms with Gasteiger partial charge in [0.1, 0.15) is 11.4 Å². The van der Waals surface area contributed by atoms with Crippen molar-refractivity contribution in [3.8, 4) is 0 Å². The Morgan fingerprint density at radius 2 is 1.82 bits per heavy atom. The number of hydrogen-bond donors (Lipinski definition) is 2. The first-order valence-electron chi connectivity index (χ1n) is 5.88. The summed E-state index contributed by atoms with van der Waals surface area (Å²) in [6.45, 7) is 4.36. The van der Waals surface area contributed by atoms with Crippen LogP contribution in [-0.4, -0.2) is 16.2 Å². The van der Waals surface area contributed by atoms with Gasteiger partial charge in [-0.2, -0.15) is 0 Å². The third-order valence-electron chi connectivity index (χ3n) is 3.71. The van der Waals surface area contributed by atoms with Crippen molar-refractivity contribution < 1.29 is 19.4 Å². The van der Waals surface area contributed by atoms with Gasteiger partial charge in [0, 0.05) is 0 Å². The number of carboxylic acids is 1. The highest BCUT2D eigenvalue weighted by atomic mass is 16.4. The number of carboxylic acid groups (broad SMARTS) is 1. The predicted octanol–water partition coefficient (Wildman–Crippen LogP) is 2.77. The Hall–Kier alpha value is -1.29. The van der Waals surface area contributed by atoms with Crippen molar-refractivity contribution >= 4 is 5.97 Å². The molecular formula is C13H18O4. The molecule has 4 heteroatoms. The molecule has 1 fully saturated rings. The van der Waals surface area contributed by atoms with Gasteiger partial charge in [-0.15, -0.1) is 0 Å². The highest BCUT2D eigenvalue weighted by Gasteiger charge is 2.40. The van der Waals surface area contributed by atoms with Gasteiger partial charge in [0.05, 0.1) is 0 Å². The molecule has 17 heavy (non-hydrogen) atoms. The fourth-order valence-corrected chi connectivity index (χ4v) is 2.29. The van der Waals surface area contributed by atoms with Crippen LogP contribution in [0.15, 0.2) is 16.5 Å². The summed E-state index contributed by atoms with van der Waals surface area (Å²) in [6.07, 6.45) is 3.05. The summed E-state index contributed by atoms with van der Waals surface area (Å²) in [6, 6.07) is 2.97. The van der Waals surface area contributed by atoms with Gasteiger partial charge in [-0.25, -0.2) is 4.79 Å². The van der Waals surface area contributed by atoms with E-state index in [0.29, 0.717) is 18.6 Å². The SMILES string of the molecule is CC1(C)CCC(O)(c2ccc(C(=O)O)o2)CC1. The minimum atomic E-state index is -1.10. The number of rotatable bonds is 2. The smallest absolute Gasteiger partial charge is 0.371 e. The van der Waals surface area contributed by atoms with Gasteiger partial charge in [0.15, 0.2) is 0 Å². The molecule has 0 atom stereocenters. The van der Waals surface area contributed by atoms with Crippen molar-refractivity contribution in [2.45, 2.75) is 45.1 Å². The Morgan fingerprint density at radius 3 is 2.29 bits per heavy atom. The topological polar surface area (TPSA) is 70.7 Å². The van der Waals surface area contributed by atoms with E-state index in [2.05, 4.69) is 13.8 Å². The third kappa shape index (κ3) is 2.36. The molecule has 94 valence electrons. The van der Waals surface area contributed by atoms with Gasteiger partial charge in [0.2, 0.25) is 5.76 Å². The van der Waals surface area contributed by atoms with E-state index < -0.39 is 11.6 Å².